The third-order valence-electron chi connectivity index (χ3n) is 2.37. The summed E-state index contributed by atoms with van der Waals surface area (Å²) in [7, 11) is 0. The molecule has 0 aliphatic heterocycles. The van der Waals surface area contributed by atoms with Crippen molar-refractivity contribution >= 4 is 0 Å². The van der Waals surface area contributed by atoms with Crippen molar-refractivity contribution in [3.05, 3.63) is 66.2 Å². The summed E-state index contributed by atoms with van der Waals surface area (Å²) < 4.78 is 0. The van der Waals surface area contributed by atoms with Gasteiger partial charge in [-0.25, -0.2) is 0 Å². The van der Waals surface area contributed by atoms with Gasteiger partial charge in [-0.05, 0) is 18.9 Å². The van der Waals surface area contributed by atoms with E-state index in [2.05, 4.69) is 26.6 Å². The first-order valence-corrected chi connectivity index (χ1v) is 6.86. The number of nitrogens with two attached hydrogens (primary N) is 1. The lowest BCUT2D eigenvalue weighted by atomic mass is 10.1. The lowest BCUT2D eigenvalue weighted by molar-refractivity contribution is -0.803. The molecule has 140 valence electrons. The molecule has 1 aromatic carbocycles. The second kappa shape index (κ2) is 12.2. The van der Waals surface area contributed by atoms with E-state index in [1.807, 2.05) is 25.1 Å². The number of hydrogen-bond donors (Lipinski definition) is 1. The predicted molar refractivity (Wildman–Crippen MR) is 81.6 cm³/mol. The Kier molecular flexibility index (Phi) is 10.7. The molecular formula is C12H18N4O9. The number of benzene rings is 1. The van der Waals surface area contributed by atoms with Gasteiger partial charge in [-0.15, -0.1) is 30.3 Å². The first kappa shape index (κ1) is 21.8. The Morgan fingerprint density at radius 3 is 1.80 bits per heavy atom. The van der Waals surface area contributed by atoms with Gasteiger partial charge in [-0.1, -0.05) is 30.3 Å². The van der Waals surface area contributed by atoms with Gasteiger partial charge in [-0.3, -0.25) is 0 Å². The van der Waals surface area contributed by atoms with E-state index in [-0.39, 0.29) is 6.04 Å². The van der Waals surface area contributed by atoms with Crippen LogP contribution in [0, 0.1) is 30.3 Å². The molecule has 0 radical (unpaired) electrons. The van der Waals surface area contributed by atoms with Crippen LogP contribution in [0.3, 0.4) is 0 Å². The van der Waals surface area contributed by atoms with E-state index in [1.54, 1.807) is 0 Å². The largest absolute Gasteiger partial charge is 0.328 e. The molecule has 0 aliphatic rings. The van der Waals surface area contributed by atoms with Crippen LogP contribution >= 0.6 is 0 Å². The van der Waals surface area contributed by atoms with Crippen molar-refractivity contribution in [3.8, 4) is 0 Å². The molecule has 0 aliphatic carbocycles. The smallest absolute Gasteiger partial charge is 0.294 e. The summed E-state index contributed by atoms with van der Waals surface area (Å²) in [5.74, 6) is 0. The second-order valence-corrected chi connectivity index (χ2v) is 4.66. The average Bonchev–Trinajstić information content (AvgIpc) is 2.50. The van der Waals surface area contributed by atoms with E-state index >= 15 is 0 Å². The van der Waals surface area contributed by atoms with Crippen LogP contribution in [0.2, 0.25) is 0 Å². The van der Waals surface area contributed by atoms with Crippen molar-refractivity contribution < 1.29 is 29.8 Å². The van der Waals surface area contributed by atoms with Gasteiger partial charge in [0, 0.05) is 6.04 Å². The fourth-order valence-electron chi connectivity index (χ4n) is 1.50. The van der Waals surface area contributed by atoms with Gasteiger partial charge in [-0.2, -0.15) is 0 Å². The molecule has 13 heteroatoms. The molecule has 0 aromatic heterocycles. The summed E-state index contributed by atoms with van der Waals surface area (Å²) in [5, 5.41) is 25.5. The molecule has 0 heterocycles. The summed E-state index contributed by atoms with van der Waals surface area (Å²) in [4.78, 5) is 40.5. The van der Waals surface area contributed by atoms with Crippen molar-refractivity contribution in [1.82, 2.24) is 0 Å². The zero-order chi connectivity index (χ0) is 19.2. The van der Waals surface area contributed by atoms with Crippen LogP contribution in [0.5, 0.6) is 0 Å². The van der Waals surface area contributed by atoms with E-state index < -0.39 is 34.6 Å². The first-order valence-electron chi connectivity index (χ1n) is 6.86. The minimum Gasteiger partial charge on any atom is -0.328 e. The molecular weight excluding hydrogens is 344 g/mol. The minimum atomic E-state index is -1.55. The monoisotopic (exact) mass is 362 g/mol. The van der Waals surface area contributed by atoms with E-state index in [0.29, 0.717) is 0 Å². The van der Waals surface area contributed by atoms with Crippen LogP contribution in [0.25, 0.3) is 0 Å². The fraction of sp³-hybridized carbons (Fsp3) is 0.500. The van der Waals surface area contributed by atoms with Gasteiger partial charge in [0.25, 0.3) is 15.3 Å². The standard InChI is InChI=1S/C9H13N.C3H5N3O9/c1-8(10)7-9-5-3-2-4-6-9;7-4(8)13-1-3(15-6(11)12)2-14-5(9)10/h2-6,8H,7,10H2,1H3;3H,1-2H2. The third kappa shape index (κ3) is 14.1. The van der Waals surface area contributed by atoms with Crippen LogP contribution in [-0.4, -0.2) is 40.6 Å². The molecule has 13 nitrogen and oxygen atoms in total. The minimum absolute atomic E-state index is 0.266. The van der Waals surface area contributed by atoms with Gasteiger partial charge >= 0.3 is 0 Å². The van der Waals surface area contributed by atoms with Crippen LogP contribution in [0.4, 0.5) is 0 Å². The maximum atomic E-state index is 9.83. The lowest BCUT2D eigenvalue weighted by Gasteiger charge is -2.11. The van der Waals surface area contributed by atoms with E-state index in [1.165, 1.54) is 5.56 Å². The molecule has 0 saturated carbocycles. The van der Waals surface area contributed by atoms with Crippen molar-refractivity contribution in [1.29, 1.82) is 0 Å². The normalized spacial score (nSPS) is 10.8. The Morgan fingerprint density at radius 2 is 1.44 bits per heavy atom. The maximum absolute atomic E-state index is 9.83. The molecule has 1 atom stereocenters. The van der Waals surface area contributed by atoms with E-state index in [0.717, 1.165) is 6.42 Å². The van der Waals surface area contributed by atoms with Crippen LogP contribution in [0.1, 0.15) is 12.5 Å². The van der Waals surface area contributed by atoms with Gasteiger partial charge in [0.1, 0.15) is 13.2 Å². The zero-order valence-electron chi connectivity index (χ0n) is 13.3. The molecule has 25 heavy (non-hydrogen) atoms. The quantitative estimate of drug-likeness (QED) is 0.455. The number of hydrogen-bond acceptors (Lipinski definition) is 10. The highest BCUT2D eigenvalue weighted by molar-refractivity contribution is 5.15. The molecule has 0 spiro atoms. The van der Waals surface area contributed by atoms with Crippen molar-refractivity contribution in [2.45, 2.75) is 25.5 Å². The summed E-state index contributed by atoms with van der Waals surface area (Å²) >= 11 is 0. The Hall–Kier alpha value is -3.22. The predicted octanol–water partition coefficient (Wildman–Crippen LogP) is 0.556. The Labute approximate surface area is 141 Å². The molecule has 0 amide bonds. The summed E-state index contributed by atoms with van der Waals surface area (Å²) in [6, 6.07) is 10.6. The Balaban J connectivity index is 0.000000496. The van der Waals surface area contributed by atoms with Crippen LogP contribution in [-0.2, 0) is 20.9 Å². The molecule has 2 N–H and O–H groups in total. The Morgan fingerprint density at radius 1 is 0.960 bits per heavy atom. The highest BCUT2D eigenvalue weighted by Gasteiger charge is 2.17. The second-order valence-electron chi connectivity index (χ2n) is 4.66. The van der Waals surface area contributed by atoms with Gasteiger partial charge in [0.15, 0.2) is 6.10 Å². The molecule has 1 aromatic rings. The SMILES string of the molecule is CC(N)Cc1ccccc1.O=[N+]([O-])OCC(CO[N+](=O)[O-])O[N+](=O)[O-]. The summed E-state index contributed by atoms with van der Waals surface area (Å²) in [6.07, 6.45) is -0.573. The van der Waals surface area contributed by atoms with Crippen LogP contribution in [0.15, 0.2) is 30.3 Å². The van der Waals surface area contributed by atoms with Gasteiger partial charge < -0.3 is 20.2 Å². The molecule has 0 fully saturated rings. The van der Waals surface area contributed by atoms with E-state index in [4.69, 9.17) is 5.73 Å². The molecule has 1 rings (SSSR count). The van der Waals surface area contributed by atoms with Crippen molar-refractivity contribution in [2.24, 2.45) is 5.73 Å². The van der Waals surface area contributed by atoms with Crippen LogP contribution < -0.4 is 5.73 Å². The summed E-state index contributed by atoms with van der Waals surface area (Å²) in [6.45, 7) is 0.330. The molecule has 0 bridgehead atoms. The maximum Gasteiger partial charge on any atom is 0.294 e. The highest BCUT2D eigenvalue weighted by Crippen LogP contribution is 2.00. The first-order chi connectivity index (χ1) is 11.7. The number of nitrogens with zero attached hydrogens (tertiary/aromatic N) is 3. The number of rotatable bonds is 10. The fourth-order valence-corrected chi connectivity index (χ4v) is 1.50. The van der Waals surface area contributed by atoms with Crippen molar-refractivity contribution in [2.75, 3.05) is 13.2 Å². The zero-order valence-corrected chi connectivity index (χ0v) is 13.3. The van der Waals surface area contributed by atoms with E-state index in [9.17, 15) is 30.3 Å². The summed E-state index contributed by atoms with van der Waals surface area (Å²) in [5.41, 5.74) is 6.94. The average molecular weight is 362 g/mol. The van der Waals surface area contributed by atoms with Gasteiger partial charge in [0.05, 0.1) is 0 Å². The third-order valence-corrected chi connectivity index (χ3v) is 2.37. The molecule has 1 unspecified atom stereocenters. The Bertz CT molecular complexity index is 523. The lowest BCUT2D eigenvalue weighted by Crippen LogP contribution is -2.30. The molecule has 0 saturated heterocycles. The van der Waals surface area contributed by atoms with Gasteiger partial charge in [0.2, 0.25) is 0 Å². The topological polar surface area (TPSA) is 183 Å². The highest BCUT2D eigenvalue weighted by atomic mass is 17.0. The van der Waals surface area contributed by atoms with Crippen molar-refractivity contribution in [3.63, 3.8) is 0 Å².